The fraction of sp³-hybridized carbons (Fsp3) is 0.118. The first-order valence-corrected chi connectivity index (χ1v) is 10.4. The van der Waals surface area contributed by atoms with Crippen LogP contribution in [-0.2, 0) is 0 Å². The molecule has 1 unspecified atom stereocenters. The molecule has 27 heavy (non-hydrogen) atoms. The van der Waals surface area contributed by atoms with Gasteiger partial charge in [-0.1, -0.05) is 17.8 Å². The maximum absolute atomic E-state index is 12.7. The van der Waals surface area contributed by atoms with Gasteiger partial charge in [0.15, 0.2) is 5.16 Å². The van der Waals surface area contributed by atoms with Gasteiger partial charge in [-0.15, -0.1) is 22.7 Å². The standard InChI is InChI=1S/C17H12N6OS3/c1-8(27-17-20-6-9(5-18)13(19)21-17)14-22-15(24)12-10(7-26-16(12)23-14)11-3-2-4-25-11/h2-4,6-8H,1H3,(H2,19,20,21)(H,22,23,24). The smallest absolute Gasteiger partial charge is 0.260 e. The molecule has 4 heterocycles. The van der Waals surface area contributed by atoms with Crippen molar-refractivity contribution in [3.8, 4) is 16.5 Å². The van der Waals surface area contributed by atoms with Gasteiger partial charge in [0.25, 0.3) is 5.56 Å². The van der Waals surface area contributed by atoms with Crippen LogP contribution < -0.4 is 11.3 Å². The van der Waals surface area contributed by atoms with Crippen LogP contribution in [-0.4, -0.2) is 19.9 Å². The normalized spacial score (nSPS) is 12.1. The van der Waals surface area contributed by atoms with Crippen molar-refractivity contribution >= 4 is 50.5 Å². The summed E-state index contributed by atoms with van der Waals surface area (Å²) in [5.41, 5.74) is 6.72. The molecule has 7 nitrogen and oxygen atoms in total. The van der Waals surface area contributed by atoms with Gasteiger partial charge in [0, 0.05) is 15.8 Å². The number of nitrogens with two attached hydrogens (primary N) is 1. The summed E-state index contributed by atoms with van der Waals surface area (Å²) in [5, 5.41) is 13.7. The van der Waals surface area contributed by atoms with Gasteiger partial charge < -0.3 is 10.7 Å². The van der Waals surface area contributed by atoms with Crippen molar-refractivity contribution in [1.82, 2.24) is 19.9 Å². The summed E-state index contributed by atoms with van der Waals surface area (Å²) in [4.78, 5) is 30.2. The number of anilines is 1. The molecule has 0 spiro atoms. The third kappa shape index (κ3) is 3.32. The van der Waals surface area contributed by atoms with E-state index in [0.717, 1.165) is 10.4 Å². The zero-order valence-electron chi connectivity index (χ0n) is 14.0. The average Bonchev–Trinajstić information content (AvgIpc) is 3.31. The molecule has 0 aliphatic rings. The Kier molecular flexibility index (Phi) is 4.65. The number of nitrogen functional groups attached to an aromatic ring is 1. The van der Waals surface area contributed by atoms with Crippen molar-refractivity contribution in [3.63, 3.8) is 0 Å². The van der Waals surface area contributed by atoms with Crippen LogP contribution in [0.5, 0.6) is 0 Å². The Morgan fingerprint density at radius 2 is 2.22 bits per heavy atom. The largest absolute Gasteiger partial charge is 0.382 e. The second-order valence-electron chi connectivity index (χ2n) is 5.58. The van der Waals surface area contributed by atoms with Gasteiger partial charge >= 0.3 is 0 Å². The molecule has 0 aliphatic carbocycles. The van der Waals surface area contributed by atoms with Crippen LogP contribution >= 0.6 is 34.4 Å². The number of thiophene rings is 2. The maximum atomic E-state index is 12.7. The zero-order valence-corrected chi connectivity index (χ0v) is 16.4. The van der Waals surface area contributed by atoms with E-state index < -0.39 is 0 Å². The lowest BCUT2D eigenvalue weighted by Gasteiger charge is -2.10. The molecule has 4 rings (SSSR count). The number of H-pyrrole nitrogens is 1. The maximum Gasteiger partial charge on any atom is 0.260 e. The molecule has 4 aromatic rings. The van der Waals surface area contributed by atoms with Crippen molar-refractivity contribution in [1.29, 1.82) is 5.26 Å². The van der Waals surface area contributed by atoms with E-state index in [9.17, 15) is 4.79 Å². The fourth-order valence-electron chi connectivity index (χ4n) is 2.51. The lowest BCUT2D eigenvalue weighted by atomic mass is 10.2. The van der Waals surface area contributed by atoms with Gasteiger partial charge in [-0.2, -0.15) is 5.26 Å². The number of aromatic nitrogens is 4. The zero-order chi connectivity index (χ0) is 19.0. The second kappa shape index (κ2) is 7.11. The van der Waals surface area contributed by atoms with Crippen molar-refractivity contribution in [3.05, 3.63) is 50.8 Å². The van der Waals surface area contributed by atoms with Crippen LogP contribution in [0, 0.1) is 11.3 Å². The lowest BCUT2D eigenvalue weighted by molar-refractivity contribution is 0.903. The van der Waals surface area contributed by atoms with Gasteiger partial charge in [-0.3, -0.25) is 4.79 Å². The molecule has 4 aromatic heterocycles. The number of nitriles is 1. The van der Waals surface area contributed by atoms with Gasteiger partial charge in [0.05, 0.1) is 16.8 Å². The summed E-state index contributed by atoms with van der Waals surface area (Å²) in [6.07, 6.45) is 1.39. The molecule has 0 aromatic carbocycles. The first kappa shape index (κ1) is 17.7. The molecule has 10 heteroatoms. The van der Waals surface area contributed by atoms with Crippen molar-refractivity contribution < 1.29 is 0 Å². The summed E-state index contributed by atoms with van der Waals surface area (Å²) < 4.78 is 0. The van der Waals surface area contributed by atoms with Gasteiger partial charge in [-0.25, -0.2) is 15.0 Å². The second-order valence-corrected chi connectivity index (χ2v) is 8.70. The fourth-order valence-corrected chi connectivity index (χ4v) is 5.08. The molecule has 0 amide bonds. The summed E-state index contributed by atoms with van der Waals surface area (Å²) in [5.74, 6) is 0.682. The lowest BCUT2D eigenvalue weighted by Crippen LogP contribution is -2.12. The summed E-state index contributed by atoms with van der Waals surface area (Å²) >= 11 is 4.36. The summed E-state index contributed by atoms with van der Waals surface area (Å²) in [6.45, 7) is 1.90. The molecule has 0 fully saturated rings. The third-order valence-electron chi connectivity index (χ3n) is 3.83. The number of nitrogens with zero attached hydrogens (tertiary/aromatic N) is 4. The molecule has 0 bridgehead atoms. The minimum Gasteiger partial charge on any atom is -0.382 e. The van der Waals surface area contributed by atoms with Crippen LogP contribution in [0.4, 0.5) is 5.82 Å². The highest BCUT2D eigenvalue weighted by Crippen LogP contribution is 2.35. The summed E-state index contributed by atoms with van der Waals surface area (Å²) in [6, 6.07) is 5.88. The number of aromatic amines is 1. The van der Waals surface area contributed by atoms with E-state index in [1.165, 1.54) is 29.3 Å². The Morgan fingerprint density at radius 1 is 1.37 bits per heavy atom. The molecule has 0 saturated heterocycles. The molecule has 1 atom stereocenters. The van der Waals surface area contributed by atoms with Gasteiger partial charge in [0.2, 0.25) is 0 Å². The quantitative estimate of drug-likeness (QED) is 0.386. The number of hydrogen-bond donors (Lipinski definition) is 2. The molecule has 0 radical (unpaired) electrons. The van der Waals surface area contributed by atoms with E-state index >= 15 is 0 Å². The van der Waals surface area contributed by atoms with Gasteiger partial charge in [-0.05, 0) is 18.4 Å². The van der Waals surface area contributed by atoms with E-state index in [2.05, 4.69) is 19.9 Å². The van der Waals surface area contributed by atoms with Gasteiger partial charge in [0.1, 0.15) is 28.1 Å². The minimum absolute atomic E-state index is 0.137. The number of nitrogens with one attached hydrogen (secondary N) is 1. The first-order valence-electron chi connectivity index (χ1n) is 7.81. The number of thioether (sulfide) groups is 1. The van der Waals surface area contributed by atoms with Crippen molar-refractivity contribution in [2.75, 3.05) is 5.73 Å². The van der Waals surface area contributed by atoms with Crippen molar-refractivity contribution in [2.24, 2.45) is 0 Å². The number of rotatable bonds is 4. The molecular formula is C17H12N6OS3. The number of hydrogen-bond acceptors (Lipinski definition) is 9. The third-order valence-corrected chi connectivity index (χ3v) is 6.59. The van der Waals surface area contributed by atoms with E-state index in [-0.39, 0.29) is 22.2 Å². The monoisotopic (exact) mass is 412 g/mol. The topological polar surface area (TPSA) is 121 Å². The Labute approximate surface area is 165 Å². The average molecular weight is 413 g/mol. The highest BCUT2D eigenvalue weighted by atomic mass is 32.2. The van der Waals surface area contributed by atoms with E-state index in [4.69, 9.17) is 11.0 Å². The van der Waals surface area contributed by atoms with E-state index in [1.54, 1.807) is 11.3 Å². The van der Waals surface area contributed by atoms with Crippen LogP contribution in [0.25, 0.3) is 20.7 Å². The van der Waals surface area contributed by atoms with E-state index in [1.807, 2.05) is 35.9 Å². The number of fused-ring (bicyclic) bond motifs is 1. The molecule has 3 N–H and O–H groups in total. The van der Waals surface area contributed by atoms with E-state index in [0.29, 0.717) is 21.2 Å². The minimum atomic E-state index is -0.193. The highest BCUT2D eigenvalue weighted by Gasteiger charge is 2.18. The van der Waals surface area contributed by atoms with Crippen LogP contribution in [0.2, 0.25) is 0 Å². The predicted octanol–water partition coefficient (Wildman–Crippen LogP) is 3.81. The van der Waals surface area contributed by atoms with Crippen LogP contribution in [0.3, 0.4) is 0 Å². The Bertz CT molecular complexity index is 1220. The molecular weight excluding hydrogens is 400 g/mol. The predicted molar refractivity (Wildman–Crippen MR) is 109 cm³/mol. The van der Waals surface area contributed by atoms with Crippen molar-refractivity contribution in [2.45, 2.75) is 17.3 Å². The first-order chi connectivity index (χ1) is 13.1. The summed E-state index contributed by atoms with van der Waals surface area (Å²) in [7, 11) is 0. The van der Waals surface area contributed by atoms with Crippen LogP contribution in [0.15, 0.2) is 39.0 Å². The Morgan fingerprint density at radius 3 is 2.93 bits per heavy atom. The SMILES string of the molecule is CC(Sc1ncc(C#N)c(N)n1)c1nc2scc(-c3cccs3)c2c(=O)[nH]1. The highest BCUT2D eigenvalue weighted by molar-refractivity contribution is 7.99. The van der Waals surface area contributed by atoms with Crippen LogP contribution in [0.1, 0.15) is 23.6 Å². The Balaban J connectivity index is 1.67. The molecule has 0 saturated carbocycles. The Hall–Kier alpha value is -2.74. The molecule has 134 valence electrons. The molecule has 0 aliphatic heterocycles.